The van der Waals surface area contributed by atoms with E-state index in [4.69, 9.17) is 27.5 Å². The molecule has 23 heavy (non-hydrogen) atoms. The van der Waals surface area contributed by atoms with E-state index in [1.807, 2.05) is 19.1 Å². The molecule has 0 atom stereocenters. The van der Waals surface area contributed by atoms with Gasteiger partial charge >= 0.3 is 0 Å². The molecule has 0 bridgehead atoms. The summed E-state index contributed by atoms with van der Waals surface area (Å²) in [5.41, 5.74) is 9.08. The van der Waals surface area contributed by atoms with Crippen molar-refractivity contribution >= 4 is 17.4 Å². The molecule has 0 aliphatic heterocycles. The second kappa shape index (κ2) is 6.59. The van der Waals surface area contributed by atoms with Crippen molar-refractivity contribution in [1.82, 2.24) is 4.98 Å². The lowest BCUT2D eigenvalue weighted by Gasteiger charge is -2.18. The number of nitrogens with two attached hydrogens (primary N) is 1. The Balaban J connectivity index is 2.27. The van der Waals surface area contributed by atoms with Gasteiger partial charge in [-0.1, -0.05) is 38.4 Å². The van der Waals surface area contributed by atoms with Crippen LogP contribution in [0.5, 0.6) is 5.88 Å². The molecule has 0 spiro atoms. The van der Waals surface area contributed by atoms with Crippen molar-refractivity contribution in [3.05, 3.63) is 46.6 Å². The molecule has 0 saturated carbocycles. The number of aryl methyl sites for hydroxylation is 1. The molecule has 0 saturated heterocycles. The molecule has 0 aliphatic rings. The van der Waals surface area contributed by atoms with Gasteiger partial charge in [-0.25, -0.2) is 4.98 Å². The summed E-state index contributed by atoms with van der Waals surface area (Å²) in [5, 5.41) is 7.94. The summed E-state index contributed by atoms with van der Waals surface area (Å²) in [6.45, 7) is 8.97. The molecule has 1 heterocycles. The normalized spacial score (nSPS) is 11.3. The fraction of sp³-hybridized carbons (Fsp3) is 0.333. The lowest BCUT2D eigenvalue weighted by atomic mass is 9.99. The van der Waals surface area contributed by atoms with Crippen molar-refractivity contribution in [2.75, 3.05) is 6.61 Å². The summed E-state index contributed by atoms with van der Waals surface area (Å²) in [6.07, 6.45) is 1.78. The third-order valence-corrected chi connectivity index (χ3v) is 3.62. The first-order valence-electron chi connectivity index (χ1n) is 7.41. The fourth-order valence-corrected chi connectivity index (χ4v) is 2.39. The van der Waals surface area contributed by atoms with Crippen molar-refractivity contribution in [2.24, 2.45) is 11.1 Å². The number of halogens is 1. The van der Waals surface area contributed by atoms with Gasteiger partial charge in [0.2, 0.25) is 5.88 Å². The minimum absolute atomic E-state index is 0.0395. The van der Waals surface area contributed by atoms with Gasteiger partial charge in [0.25, 0.3) is 0 Å². The van der Waals surface area contributed by atoms with Gasteiger partial charge in [-0.3, -0.25) is 5.41 Å². The number of ether oxygens (including phenoxy) is 1. The summed E-state index contributed by atoms with van der Waals surface area (Å²) in [6, 6.07) is 7.37. The minimum atomic E-state index is -0.0395. The van der Waals surface area contributed by atoms with E-state index in [1.54, 1.807) is 18.3 Å². The fourth-order valence-electron chi connectivity index (χ4n) is 2.10. The highest BCUT2D eigenvalue weighted by Crippen LogP contribution is 2.29. The van der Waals surface area contributed by atoms with Crippen LogP contribution in [0.1, 0.15) is 31.9 Å². The number of rotatable bonds is 4. The van der Waals surface area contributed by atoms with E-state index in [0.29, 0.717) is 23.1 Å². The van der Waals surface area contributed by atoms with Crippen molar-refractivity contribution in [3.8, 4) is 17.0 Å². The number of amidine groups is 1. The van der Waals surface area contributed by atoms with Crippen LogP contribution < -0.4 is 10.5 Å². The van der Waals surface area contributed by atoms with Crippen LogP contribution in [0.15, 0.2) is 30.5 Å². The Bertz CT molecular complexity index is 736. The van der Waals surface area contributed by atoms with Gasteiger partial charge in [-0.2, -0.15) is 0 Å². The predicted molar refractivity (Wildman–Crippen MR) is 95.4 cm³/mol. The average molecular weight is 332 g/mol. The van der Waals surface area contributed by atoms with Crippen LogP contribution >= 0.6 is 11.6 Å². The van der Waals surface area contributed by atoms with Crippen LogP contribution in [-0.2, 0) is 0 Å². The SMILES string of the molecule is Cc1cc(OCC(C)(C)C)ncc1-c1ccc(C(=N)N)c(Cl)c1. The van der Waals surface area contributed by atoms with Crippen LogP contribution in [0, 0.1) is 17.7 Å². The molecule has 0 amide bonds. The van der Waals surface area contributed by atoms with Crippen LogP contribution in [0.25, 0.3) is 11.1 Å². The Morgan fingerprint density at radius 1 is 1.30 bits per heavy atom. The maximum Gasteiger partial charge on any atom is 0.213 e. The lowest BCUT2D eigenvalue weighted by Crippen LogP contribution is -2.17. The average Bonchev–Trinajstić information content (AvgIpc) is 2.44. The van der Waals surface area contributed by atoms with Crippen LogP contribution in [-0.4, -0.2) is 17.4 Å². The minimum Gasteiger partial charge on any atom is -0.477 e. The van der Waals surface area contributed by atoms with Crippen molar-refractivity contribution in [3.63, 3.8) is 0 Å². The molecule has 5 heteroatoms. The molecular weight excluding hydrogens is 310 g/mol. The van der Waals surface area contributed by atoms with Gasteiger partial charge in [0.15, 0.2) is 0 Å². The number of nitrogens with zero attached hydrogens (tertiary/aromatic N) is 1. The number of aromatic nitrogens is 1. The maximum absolute atomic E-state index is 7.48. The Labute approximate surface area is 142 Å². The lowest BCUT2D eigenvalue weighted by molar-refractivity contribution is 0.191. The summed E-state index contributed by atoms with van der Waals surface area (Å²) in [7, 11) is 0. The molecule has 2 aromatic rings. The first-order valence-corrected chi connectivity index (χ1v) is 7.79. The second-order valence-corrected chi connectivity index (χ2v) is 7.20. The zero-order valence-electron chi connectivity index (χ0n) is 13.9. The smallest absolute Gasteiger partial charge is 0.213 e. The molecule has 2 rings (SSSR count). The molecule has 122 valence electrons. The maximum atomic E-state index is 7.48. The predicted octanol–water partition coefficient (Wildman–Crippen LogP) is 4.42. The van der Waals surface area contributed by atoms with E-state index in [2.05, 4.69) is 25.8 Å². The molecule has 1 aromatic carbocycles. The van der Waals surface area contributed by atoms with Gasteiger partial charge < -0.3 is 10.5 Å². The van der Waals surface area contributed by atoms with E-state index in [9.17, 15) is 0 Å². The quantitative estimate of drug-likeness (QED) is 0.643. The molecule has 4 nitrogen and oxygen atoms in total. The Hall–Kier alpha value is -2.07. The number of nitrogens with one attached hydrogen (secondary N) is 1. The third kappa shape index (κ3) is 4.45. The third-order valence-electron chi connectivity index (χ3n) is 3.31. The monoisotopic (exact) mass is 331 g/mol. The van der Waals surface area contributed by atoms with E-state index in [0.717, 1.165) is 16.7 Å². The molecule has 0 fully saturated rings. The van der Waals surface area contributed by atoms with Gasteiger partial charge in [-0.05, 0) is 35.6 Å². The summed E-state index contributed by atoms with van der Waals surface area (Å²) in [4.78, 5) is 4.37. The van der Waals surface area contributed by atoms with E-state index in [-0.39, 0.29) is 11.3 Å². The highest BCUT2D eigenvalue weighted by molar-refractivity contribution is 6.34. The van der Waals surface area contributed by atoms with Crippen LogP contribution in [0.3, 0.4) is 0 Å². The number of hydrogen-bond acceptors (Lipinski definition) is 3. The molecule has 0 unspecified atom stereocenters. The van der Waals surface area contributed by atoms with Gasteiger partial charge in [0.1, 0.15) is 5.84 Å². The summed E-state index contributed by atoms with van der Waals surface area (Å²) in [5.74, 6) is 0.579. The van der Waals surface area contributed by atoms with Crippen LogP contribution in [0.2, 0.25) is 5.02 Å². The van der Waals surface area contributed by atoms with E-state index >= 15 is 0 Å². The van der Waals surface area contributed by atoms with Gasteiger partial charge in [0.05, 0.1) is 11.6 Å². The molecule has 0 aliphatic carbocycles. The first kappa shape index (κ1) is 17.3. The molecule has 0 radical (unpaired) electrons. The first-order chi connectivity index (χ1) is 10.7. The van der Waals surface area contributed by atoms with Crippen molar-refractivity contribution < 1.29 is 4.74 Å². The topological polar surface area (TPSA) is 72.0 Å². The summed E-state index contributed by atoms with van der Waals surface area (Å²) < 4.78 is 5.73. The number of pyridine rings is 1. The zero-order chi connectivity index (χ0) is 17.2. The summed E-state index contributed by atoms with van der Waals surface area (Å²) >= 11 is 6.19. The number of benzene rings is 1. The Morgan fingerprint density at radius 3 is 2.52 bits per heavy atom. The Kier molecular flexibility index (Phi) is 4.95. The van der Waals surface area contributed by atoms with Gasteiger partial charge in [0, 0.05) is 23.4 Å². The highest BCUT2D eigenvalue weighted by atomic mass is 35.5. The largest absolute Gasteiger partial charge is 0.477 e. The van der Waals surface area contributed by atoms with E-state index < -0.39 is 0 Å². The Morgan fingerprint density at radius 2 is 2.00 bits per heavy atom. The number of hydrogen-bond donors (Lipinski definition) is 2. The second-order valence-electron chi connectivity index (χ2n) is 6.80. The van der Waals surface area contributed by atoms with Crippen molar-refractivity contribution in [1.29, 1.82) is 5.41 Å². The number of nitrogen functional groups attached to an aromatic ring is 1. The highest BCUT2D eigenvalue weighted by Gasteiger charge is 2.13. The molecule has 1 aromatic heterocycles. The van der Waals surface area contributed by atoms with Gasteiger partial charge in [-0.15, -0.1) is 0 Å². The van der Waals surface area contributed by atoms with Crippen LogP contribution in [0.4, 0.5) is 0 Å². The van der Waals surface area contributed by atoms with Crippen molar-refractivity contribution in [2.45, 2.75) is 27.7 Å². The van der Waals surface area contributed by atoms with E-state index in [1.165, 1.54) is 0 Å². The standard InChI is InChI=1S/C18H22ClN3O/c1-11-7-16(23-10-18(2,3)4)22-9-14(11)12-5-6-13(17(20)21)15(19)8-12/h5-9H,10H2,1-4H3,(H3,20,21). The molecule has 3 N–H and O–H groups in total. The zero-order valence-corrected chi connectivity index (χ0v) is 14.7. The molecular formula is C18H22ClN3O.